The van der Waals surface area contributed by atoms with Gasteiger partial charge in [-0.25, -0.2) is 4.79 Å². The minimum absolute atomic E-state index is 0.171. The molecule has 0 saturated carbocycles. The molecule has 0 bridgehead atoms. The Morgan fingerprint density at radius 2 is 1.52 bits per heavy atom. The third kappa shape index (κ3) is 4.31. The summed E-state index contributed by atoms with van der Waals surface area (Å²) >= 11 is 0. The van der Waals surface area contributed by atoms with Crippen molar-refractivity contribution >= 4 is 5.97 Å². The molecule has 0 heterocycles. The van der Waals surface area contributed by atoms with Gasteiger partial charge < -0.3 is 14.6 Å². The smallest absolute Gasteiger partial charge is 0.416 e. The lowest BCUT2D eigenvalue weighted by atomic mass is 9.80. The first-order chi connectivity index (χ1) is 12.8. The maximum atomic E-state index is 12.9. The van der Waals surface area contributed by atoms with Crippen LogP contribution in [0.15, 0.2) is 54.6 Å². The van der Waals surface area contributed by atoms with Gasteiger partial charge in [0.05, 0.1) is 12.7 Å². The number of rotatable bonds is 7. The molecule has 0 unspecified atom stereocenters. The van der Waals surface area contributed by atoms with Crippen LogP contribution in [0.1, 0.15) is 30.0 Å². The summed E-state index contributed by atoms with van der Waals surface area (Å²) in [5, 5.41) is 10.8. The van der Waals surface area contributed by atoms with Crippen molar-refractivity contribution in [3.05, 3.63) is 71.3 Å². The van der Waals surface area contributed by atoms with Crippen molar-refractivity contribution in [1.29, 1.82) is 0 Å². The molecular weight excluding hydrogens is 361 g/mol. The summed E-state index contributed by atoms with van der Waals surface area (Å²) in [6.45, 7) is 2.01. The van der Waals surface area contributed by atoms with Gasteiger partial charge in [0.1, 0.15) is 0 Å². The van der Waals surface area contributed by atoms with Crippen LogP contribution in [0.3, 0.4) is 0 Å². The van der Waals surface area contributed by atoms with Gasteiger partial charge in [-0.05, 0) is 29.7 Å². The topological polar surface area (TPSA) is 55.8 Å². The highest BCUT2D eigenvalue weighted by Gasteiger charge is 2.47. The van der Waals surface area contributed by atoms with E-state index in [2.05, 4.69) is 4.74 Å². The molecule has 2 aromatic carbocycles. The molecule has 4 nitrogen and oxygen atoms in total. The number of carbonyl (C=O) groups excluding carboxylic acids is 1. The molecule has 2 rings (SSSR count). The number of carbonyl (C=O) groups is 1. The number of aliphatic hydroxyl groups excluding tert-OH is 1. The maximum Gasteiger partial charge on any atom is 0.416 e. The molecule has 0 radical (unpaired) electrons. The Kier molecular flexibility index (Phi) is 6.62. The van der Waals surface area contributed by atoms with Gasteiger partial charge in [-0.2, -0.15) is 13.2 Å². The van der Waals surface area contributed by atoms with Crippen LogP contribution < -0.4 is 0 Å². The minimum atomic E-state index is -4.50. The summed E-state index contributed by atoms with van der Waals surface area (Å²) < 4.78 is 49.4. The lowest BCUT2D eigenvalue weighted by Gasteiger charge is -2.37. The number of aliphatic hydroxyl groups is 1. The van der Waals surface area contributed by atoms with Crippen LogP contribution in [0.25, 0.3) is 0 Å². The predicted molar refractivity (Wildman–Crippen MR) is 92.9 cm³/mol. The fourth-order valence-corrected chi connectivity index (χ4v) is 2.86. The zero-order chi connectivity index (χ0) is 20.1. The van der Waals surface area contributed by atoms with Crippen molar-refractivity contribution in [2.24, 2.45) is 0 Å². The average Bonchev–Trinajstić information content (AvgIpc) is 2.68. The SMILES string of the molecule is CCCO[C@](c1ccccc1)(c1ccc(C(F)(F)F)cc1)[C@@H](O)C(=O)OC. The summed E-state index contributed by atoms with van der Waals surface area (Å²) in [7, 11) is 1.12. The second-order valence-electron chi connectivity index (χ2n) is 5.95. The van der Waals surface area contributed by atoms with Crippen molar-refractivity contribution in [3.8, 4) is 0 Å². The molecule has 0 aliphatic heterocycles. The number of methoxy groups -OCH3 is 1. The van der Waals surface area contributed by atoms with E-state index in [1.54, 1.807) is 30.3 Å². The Morgan fingerprint density at radius 1 is 1.00 bits per heavy atom. The third-order valence-corrected chi connectivity index (χ3v) is 4.19. The Morgan fingerprint density at radius 3 is 2.00 bits per heavy atom. The average molecular weight is 382 g/mol. The predicted octanol–water partition coefficient (Wildman–Crippen LogP) is 3.91. The van der Waals surface area contributed by atoms with Gasteiger partial charge >= 0.3 is 12.1 Å². The fraction of sp³-hybridized carbons (Fsp3) is 0.350. The molecule has 0 fully saturated rings. The first-order valence-corrected chi connectivity index (χ1v) is 8.40. The highest BCUT2D eigenvalue weighted by molar-refractivity contribution is 5.77. The molecular formula is C20H21F3O4. The summed E-state index contributed by atoms with van der Waals surface area (Å²) in [4.78, 5) is 12.2. The highest BCUT2D eigenvalue weighted by atomic mass is 19.4. The molecule has 1 N–H and O–H groups in total. The van der Waals surface area contributed by atoms with Crippen molar-refractivity contribution in [2.75, 3.05) is 13.7 Å². The van der Waals surface area contributed by atoms with Gasteiger partial charge in [0.2, 0.25) is 0 Å². The number of benzene rings is 2. The quantitative estimate of drug-likeness (QED) is 0.738. The molecule has 146 valence electrons. The van der Waals surface area contributed by atoms with E-state index >= 15 is 0 Å². The van der Waals surface area contributed by atoms with Gasteiger partial charge in [-0.15, -0.1) is 0 Å². The van der Waals surface area contributed by atoms with Crippen molar-refractivity contribution in [3.63, 3.8) is 0 Å². The second kappa shape index (κ2) is 8.54. The monoisotopic (exact) mass is 382 g/mol. The van der Waals surface area contributed by atoms with Crippen LogP contribution in [-0.4, -0.2) is 30.9 Å². The van der Waals surface area contributed by atoms with E-state index in [9.17, 15) is 23.1 Å². The van der Waals surface area contributed by atoms with Gasteiger partial charge in [0.15, 0.2) is 11.7 Å². The van der Waals surface area contributed by atoms with Crippen LogP contribution in [0.4, 0.5) is 13.2 Å². The van der Waals surface area contributed by atoms with Crippen molar-refractivity contribution in [1.82, 2.24) is 0 Å². The van der Waals surface area contributed by atoms with Crippen molar-refractivity contribution < 1.29 is 32.5 Å². The number of esters is 1. The summed E-state index contributed by atoms with van der Waals surface area (Å²) in [6, 6.07) is 12.6. The molecule has 7 heteroatoms. The summed E-state index contributed by atoms with van der Waals surface area (Å²) in [5.41, 5.74) is -1.89. The van der Waals surface area contributed by atoms with E-state index in [0.717, 1.165) is 19.2 Å². The van der Waals surface area contributed by atoms with Crippen LogP contribution >= 0.6 is 0 Å². The van der Waals surface area contributed by atoms with Gasteiger partial charge in [-0.1, -0.05) is 49.4 Å². The van der Waals surface area contributed by atoms with Gasteiger partial charge in [0.25, 0.3) is 0 Å². The lowest BCUT2D eigenvalue weighted by Crippen LogP contribution is -2.48. The van der Waals surface area contributed by atoms with Crippen LogP contribution in [0, 0.1) is 0 Å². The first kappa shape index (κ1) is 20.9. The molecule has 2 atom stereocenters. The van der Waals surface area contributed by atoms with Crippen LogP contribution in [-0.2, 0) is 26.0 Å². The molecule has 0 aliphatic rings. The molecule has 27 heavy (non-hydrogen) atoms. The number of halogens is 3. The van der Waals surface area contributed by atoms with E-state index < -0.39 is 29.4 Å². The summed E-state index contributed by atoms with van der Waals surface area (Å²) in [5.74, 6) is -0.949. The van der Waals surface area contributed by atoms with E-state index in [1.165, 1.54) is 12.1 Å². The Balaban J connectivity index is 2.68. The number of ether oxygens (including phenoxy) is 2. The second-order valence-corrected chi connectivity index (χ2v) is 5.95. The fourth-order valence-electron chi connectivity index (χ4n) is 2.86. The zero-order valence-electron chi connectivity index (χ0n) is 15.0. The molecule has 0 aromatic heterocycles. The van der Waals surface area contributed by atoms with E-state index in [1.807, 2.05) is 6.92 Å². The summed E-state index contributed by atoms with van der Waals surface area (Å²) in [6.07, 6.45) is -5.70. The molecule has 0 amide bonds. The highest BCUT2D eigenvalue weighted by Crippen LogP contribution is 2.39. The molecule has 0 saturated heterocycles. The number of alkyl halides is 3. The van der Waals surface area contributed by atoms with E-state index in [4.69, 9.17) is 4.74 Å². The van der Waals surface area contributed by atoms with Crippen LogP contribution in [0.2, 0.25) is 0 Å². The standard InChI is InChI=1S/C20H21F3O4/c1-3-13-27-19(17(24)18(25)26-2,14-7-5-4-6-8-14)15-9-11-16(12-10-15)20(21,22)23/h4-12,17,24H,3,13H2,1-2H3/t17-,19+/m0/s1. The van der Waals surface area contributed by atoms with Gasteiger partial charge in [0, 0.05) is 6.61 Å². The van der Waals surface area contributed by atoms with Crippen LogP contribution in [0.5, 0.6) is 0 Å². The number of hydrogen-bond acceptors (Lipinski definition) is 4. The molecule has 2 aromatic rings. The molecule has 0 aliphatic carbocycles. The molecule has 0 spiro atoms. The Hall–Kier alpha value is -2.38. The zero-order valence-corrected chi connectivity index (χ0v) is 15.0. The minimum Gasteiger partial charge on any atom is -0.467 e. The largest absolute Gasteiger partial charge is 0.467 e. The maximum absolute atomic E-state index is 12.9. The normalized spacial score (nSPS) is 15.0. The Labute approximate surface area is 155 Å². The van der Waals surface area contributed by atoms with E-state index in [-0.39, 0.29) is 12.2 Å². The van der Waals surface area contributed by atoms with E-state index in [0.29, 0.717) is 12.0 Å². The lowest BCUT2D eigenvalue weighted by molar-refractivity contribution is -0.170. The first-order valence-electron chi connectivity index (χ1n) is 8.40. The third-order valence-electron chi connectivity index (χ3n) is 4.19. The number of hydrogen-bond donors (Lipinski definition) is 1. The van der Waals surface area contributed by atoms with Crippen molar-refractivity contribution in [2.45, 2.75) is 31.2 Å². The van der Waals surface area contributed by atoms with Gasteiger partial charge in [-0.3, -0.25) is 0 Å². The Bertz CT molecular complexity index is 744.